The number of primary amides is 1. The maximum Gasteiger partial charge on any atom is 0.255 e. The van der Waals surface area contributed by atoms with Gasteiger partial charge in [0.25, 0.3) is 11.8 Å². The molecule has 2 rings (SSSR count). The molecule has 29 heavy (non-hydrogen) atoms. The minimum Gasteiger partial charge on any atom is -0.497 e. The first-order valence-corrected chi connectivity index (χ1v) is 8.70. The van der Waals surface area contributed by atoms with Gasteiger partial charge in [-0.15, -0.1) is 0 Å². The molecule has 0 unspecified atom stereocenters. The molecule has 0 atom stereocenters. The second kappa shape index (κ2) is 10.6. The zero-order valence-corrected chi connectivity index (χ0v) is 16.5. The molecule has 2 aromatic rings. The van der Waals surface area contributed by atoms with Crippen molar-refractivity contribution in [3.05, 3.63) is 42.0 Å². The van der Waals surface area contributed by atoms with Crippen molar-refractivity contribution < 1.29 is 33.3 Å². The van der Waals surface area contributed by atoms with E-state index in [1.165, 1.54) is 26.4 Å². The van der Waals surface area contributed by atoms with Crippen molar-refractivity contribution in [1.82, 2.24) is 5.32 Å². The Morgan fingerprint density at radius 1 is 0.931 bits per heavy atom. The predicted octanol–water partition coefficient (Wildman–Crippen LogP) is 1.39. The van der Waals surface area contributed by atoms with Crippen LogP contribution in [0.4, 0.5) is 0 Å². The quantitative estimate of drug-likeness (QED) is 0.543. The Morgan fingerprint density at radius 3 is 2.17 bits per heavy atom. The zero-order valence-electron chi connectivity index (χ0n) is 16.5. The van der Waals surface area contributed by atoms with Gasteiger partial charge in [-0.25, -0.2) is 0 Å². The van der Waals surface area contributed by atoms with Gasteiger partial charge in [0.2, 0.25) is 5.75 Å². The van der Waals surface area contributed by atoms with E-state index in [1.54, 1.807) is 19.2 Å². The number of ether oxygens (including phenoxy) is 5. The van der Waals surface area contributed by atoms with Crippen LogP contribution in [-0.4, -0.2) is 52.9 Å². The zero-order chi connectivity index (χ0) is 21.2. The van der Waals surface area contributed by atoms with Gasteiger partial charge in [0, 0.05) is 11.6 Å². The molecular formula is C20H24N2O7. The minimum atomic E-state index is -0.646. The molecule has 0 fully saturated rings. The fraction of sp³-hybridized carbons (Fsp3) is 0.300. The Kier molecular flexibility index (Phi) is 7.96. The molecule has 0 saturated heterocycles. The van der Waals surface area contributed by atoms with Crippen LogP contribution < -0.4 is 34.7 Å². The Bertz CT molecular complexity index is 829. The number of nitrogens with two attached hydrogens (primary N) is 1. The van der Waals surface area contributed by atoms with E-state index in [-0.39, 0.29) is 42.9 Å². The van der Waals surface area contributed by atoms with Crippen LogP contribution in [-0.2, 0) is 4.79 Å². The van der Waals surface area contributed by atoms with Crippen molar-refractivity contribution in [2.75, 3.05) is 41.1 Å². The highest BCUT2D eigenvalue weighted by molar-refractivity contribution is 5.95. The molecule has 0 heterocycles. The van der Waals surface area contributed by atoms with Gasteiger partial charge >= 0.3 is 0 Å². The Balaban J connectivity index is 1.99. The van der Waals surface area contributed by atoms with Gasteiger partial charge in [0.05, 0.1) is 27.9 Å². The van der Waals surface area contributed by atoms with Crippen LogP contribution in [0.2, 0.25) is 0 Å². The standard InChI is InChI=1S/C20H24N2O7/c1-25-14-5-4-6-15(11-14)28-8-7-22-20(24)13-9-16(26-2)19(17(10-13)27-3)29-12-18(21)23/h4-6,9-11H,7-8,12H2,1-3H3,(H2,21,23)(H,22,24). The van der Waals surface area contributed by atoms with Crippen LogP contribution in [0.25, 0.3) is 0 Å². The summed E-state index contributed by atoms with van der Waals surface area (Å²) in [7, 11) is 4.40. The number of hydrogen-bond acceptors (Lipinski definition) is 7. The van der Waals surface area contributed by atoms with Gasteiger partial charge in [-0.2, -0.15) is 0 Å². The lowest BCUT2D eigenvalue weighted by molar-refractivity contribution is -0.120. The van der Waals surface area contributed by atoms with E-state index in [9.17, 15) is 9.59 Å². The third-order valence-corrected chi connectivity index (χ3v) is 3.78. The van der Waals surface area contributed by atoms with Crippen molar-refractivity contribution in [3.8, 4) is 28.7 Å². The molecule has 9 heteroatoms. The van der Waals surface area contributed by atoms with Crippen LogP contribution in [0, 0.1) is 0 Å². The summed E-state index contributed by atoms with van der Waals surface area (Å²) >= 11 is 0. The van der Waals surface area contributed by atoms with Crippen molar-refractivity contribution in [1.29, 1.82) is 0 Å². The molecule has 2 aromatic carbocycles. The summed E-state index contributed by atoms with van der Waals surface area (Å²) in [6, 6.07) is 10.1. The Labute approximate surface area is 168 Å². The smallest absolute Gasteiger partial charge is 0.255 e. The Morgan fingerprint density at radius 2 is 1.59 bits per heavy atom. The van der Waals surface area contributed by atoms with Crippen molar-refractivity contribution in [2.45, 2.75) is 0 Å². The van der Waals surface area contributed by atoms with Crippen LogP contribution in [0.3, 0.4) is 0 Å². The maximum absolute atomic E-state index is 12.5. The van der Waals surface area contributed by atoms with Crippen molar-refractivity contribution in [3.63, 3.8) is 0 Å². The molecule has 0 aromatic heterocycles. The van der Waals surface area contributed by atoms with E-state index >= 15 is 0 Å². The van der Waals surface area contributed by atoms with Crippen molar-refractivity contribution >= 4 is 11.8 Å². The molecule has 0 radical (unpaired) electrons. The predicted molar refractivity (Wildman–Crippen MR) is 105 cm³/mol. The SMILES string of the molecule is COc1cccc(OCCNC(=O)c2cc(OC)c(OCC(N)=O)c(OC)c2)c1. The minimum absolute atomic E-state index is 0.187. The van der Waals surface area contributed by atoms with Gasteiger partial charge in [0.1, 0.15) is 18.1 Å². The molecule has 2 amide bonds. The number of carbonyl (C=O) groups is 2. The van der Waals surface area contributed by atoms with E-state index in [2.05, 4.69) is 5.32 Å². The van der Waals surface area contributed by atoms with Gasteiger partial charge in [-0.3, -0.25) is 9.59 Å². The largest absolute Gasteiger partial charge is 0.497 e. The lowest BCUT2D eigenvalue weighted by Gasteiger charge is -2.15. The average Bonchev–Trinajstić information content (AvgIpc) is 2.74. The second-order valence-corrected chi connectivity index (χ2v) is 5.75. The second-order valence-electron chi connectivity index (χ2n) is 5.75. The summed E-state index contributed by atoms with van der Waals surface area (Å²) in [6.45, 7) is 0.202. The molecule has 0 aliphatic heterocycles. The normalized spacial score (nSPS) is 10.0. The van der Waals surface area contributed by atoms with E-state index in [0.29, 0.717) is 17.1 Å². The molecule has 0 saturated carbocycles. The van der Waals surface area contributed by atoms with E-state index in [4.69, 9.17) is 29.4 Å². The molecule has 0 aliphatic rings. The number of rotatable bonds is 11. The summed E-state index contributed by atoms with van der Waals surface area (Å²) in [5.74, 6) is 0.991. The van der Waals surface area contributed by atoms with Gasteiger partial charge in [-0.1, -0.05) is 6.07 Å². The lowest BCUT2D eigenvalue weighted by Crippen LogP contribution is -2.28. The van der Waals surface area contributed by atoms with E-state index in [1.807, 2.05) is 12.1 Å². The maximum atomic E-state index is 12.5. The molecule has 0 bridgehead atoms. The first-order chi connectivity index (χ1) is 14.0. The summed E-state index contributed by atoms with van der Waals surface area (Å²) in [6.07, 6.45) is 0. The summed E-state index contributed by atoms with van der Waals surface area (Å²) < 4.78 is 26.5. The monoisotopic (exact) mass is 404 g/mol. The summed E-state index contributed by atoms with van der Waals surface area (Å²) in [5.41, 5.74) is 5.40. The number of hydrogen-bond donors (Lipinski definition) is 2. The topological polar surface area (TPSA) is 118 Å². The molecule has 3 N–H and O–H groups in total. The van der Waals surface area contributed by atoms with Crippen LogP contribution >= 0.6 is 0 Å². The number of methoxy groups -OCH3 is 3. The number of nitrogens with one attached hydrogen (secondary N) is 1. The number of carbonyl (C=O) groups excluding carboxylic acids is 2. The van der Waals surface area contributed by atoms with Crippen LogP contribution in [0.15, 0.2) is 36.4 Å². The van der Waals surface area contributed by atoms with Gasteiger partial charge in [-0.05, 0) is 24.3 Å². The Hall–Kier alpha value is -3.62. The summed E-state index contributed by atoms with van der Waals surface area (Å²) in [5, 5.41) is 2.75. The molecule has 0 aliphatic carbocycles. The van der Waals surface area contributed by atoms with Gasteiger partial charge in [0.15, 0.2) is 18.1 Å². The molecule has 0 spiro atoms. The first kappa shape index (κ1) is 21.7. The van der Waals surface area contributed by atoms with Crippen LogP contribution in [0.1, 0.15) is 10.4 Å². The van der Waals surface area contributed by atoms with Crippen LogP contribution in [0.5, 0.6) is 28.7 Å². The highest BCUT2D eigenvalue weighted by atomic mass is 16.5. The van der Waals surface area contributed by atoms with Crippen molar-refractivity contribution in [2.24, 2.45) is 5.73 Å². The fourth-order valence-corrected chi connectivity index (χ4v) is 2.42. The van der Waals surface area contributed by atoms with Gasteiger partial charge < -0.3 is 34.7 Å². The lowest BCUT2D eigenvalue weighted by atomic mass is 10.1. The number of benzene rings is 2. The molecule has 9 nitrogen and oxygen atoms in total. The third kappa shape index (κ3) is 6.20. The third-order valence-electron chi connectivity index (χ3n) is 3.78. The van der Waals surface area contributed by atoms with E-state index < -0.39 is 5.91 Å². The molecule has 156 valence electrons. The number of amides is 2. The summed E-state index contributed by atoms with van der Waals surface area (Å²) in [4.78, 5) is 23.4. The molecular weight excluding hydrogens is 380 g/mol. The first-order valence-electron chi connectivity index (χ1n) is 8.70. The fourth-order valence-electron chi connectivity index (χ4n) is 2.42. The highest BCUT2D eigenvalue weighted by Crippen LogP contribution is 2.38. The highest BCUT2D eigenvalue weighted by Gasteiger charge is 2.18. The average molecular weight is 404 g/mol. The van der Waals surface area contributed by atoms with E-state index in [0.717, 1.165) is 0 Å².